The number of anilines is 1. The Balaban J connectivity index is 1.50. The topological polar surface area (TPSA) is 67.8 Å². The van der Waals surface area contributed by atoms with Crippen LogP contribution in [0.3, 0.4) is 0 Å². The number of carbonyl (C=O) groups excluding carboxylic acids is 1. The standard InChI is InChI=1S/C22H30N4O3/c1-5-28-18-6-8-19(9-7-18)29-15-21(27)26-12-10-25(11-13-26)20-14-17(4)23-22(24-20)16(2)3/h6-9,14,16H,5,10-13,15H2,1-4H3. The lowest BCUT2D eigenvalue weighted by molar-refractivity contribution is -0.133. The van der Waals surface area contributed by atoms with Crippen LogP contribution in [-0.2, 0) is 4.79 Å². The zero-order chi connectivity index (χ0) is 20.8. The monoisotopic (exact) mass is 398 g/mol. The Kier molecular flexibility index (Phi) is 6.90. The highest BCUT2D eigenvalue weighted by Gasteiger charge is 2.23. The van der Waals surface area contributed by atoms with Crippen LogP contribution in [0.4, 0.5) is 5.82 Å². The molecule has 1 aromatic carbocycles. The number of rotatable bonds is 7. The summed E-state index contributed by atoms with van der Waals surface area (Å²) in [6.07, 6.45) is 0. The van der Waals surface area contributed by atoms with E-state index in [1.165, 1.54) is 0 Å². The third-order valence-electron chi connectivity index (χ3n) is 4.83. The van der Waals surface area contributed by atoms with Gasteiger partial charge in [0.2, 0.25) is 0 Å². The molecule has 29 heavy (non-hydrogen) atoms. The van der Waals surface area contributed by atoms with Crippen LogP contribution in [0.5, 0.6) is 11.5 Å². The fourth-order valence-corrected chi connectivity index (χ4v) is 3.21. The molecular formula is C22H30N4O3. The highest BCUT2D eigenvalue weighted by Crippen LogP contribution is 2.20. The Labute approximate surface area is 172 Å². The van der Waals surface area contributed by atoms with Crippen molar-refractivity contribution in [3.8, 4) is 11.5 Å². The maximum absolute atomic E-state index is 12.5. The van der Waals surface area contributed by atoms with Crippen LogP contribution < -0.4 is 14.4 Å². The van der Waals surface area contributed by atoms with E-state index >= 15 is 0 Å². The molecule has 3 rings (SSSR count). The average molecular weight is 399 g/mol. The fourth-order valence-electron chi connectivity index (χ4n) is 3.21. The first-order valence-electron chi connectivity index (χ1n) is 10.2. The second-order valence-electron chi connectivity index (χ2n) is 7.44. The summed E-state index contributed by atoms with van der Waals surface area (Å²) in [6, 6.07) is 9.34. The van der Waals surface area contributed by atoms with Crippen molar-refractivity contribution in [1.82, 2.24) is 14.9 Å². The summed E-state index contributed by atoms with van der Waals surface area (Å²) < 4.78 is 11.1. The Bertz CT molecular complexity index is 815. The summed E-state index contributed by atoms with van der Waals surface area (Å²) in [5.74, 6) is 3.55. The number of piperazine rings is 1. The largest absolute Gasteiger partial charge is 0.494 e. The lowest BCUT2D eigenvalue weighted by Crippen LogP contribution is -2.50. The van der Waals surface area contributed by atoms with Crippen LogP contribution >= 0.6 is 0 Å². The Morgan fingerprint density at radius 2 is 1.66 bits per heavy atom. The molecule has 1 amide bonds. The van der Waals surface area contributed by atoms with E-state index in [-0.39, 0.29) is 18.4 Å². The molecule has 0 radical (unpaired) electrons. The summed E-state index contributed by atoms with van der Waals surface area (Å²) in [6.45, 7) is 11.6. The molecule has 2 heterocycles. The third-order valence-corrected chi connectivity index (χ3v) is 4.83. The van der Waals surface area contributed by atoms with Crippen molar-refractivity contribution in [2.24, 2.45) is 0 Å². The highest BCUT2D eigenvalue weighted by molar-refractivity contribution is 5.78. The van der Waals surface area contributed by atoms with E-state index < -0.39 is 0 Å². The molecule has 0 spiro atoms. The third kappa shape index (κ3) is 5.59. The molecule has 1 aromatic heterocycles. The summed E-state index contributed by atoms with van der Waals surface area (Å²) in [4.78, 5) is 25.8. The minimum absolute atomic E-state index is 0.000252. The van der Waals surface area contributed by atoms with Crippen LogP contribution in [0.15, 0.2) is 30.3 Å². The molecule has 1 aliphatic rings. The number of aromatic nitrogens is 2. The zero-order valence-corrected chi connectivity index (χ0v) is 17.7. The van der Waals surface area contributed by atoms with E-state index in [0.29, 0.717) is 25.4 Å². The van der Waals surface area contributed by atoms with Gasteiger partial charge in [-0.05, 0) is 38.1 Å². The summed E-state index contributed by atoms with van der Waals surface area (Å²) in [5.41, 5.74) is 0.973. The highest BCUT2D eigenvalue weighted by atomic mass is 16.5. The molecule has 0 unspecified atom stereocenters. The van der Waals surface area contributed by atoms with Crippen molar-refractivity contribution < 1.29 is 14.3 Å². The Hall–Kier alpha value is -2.83. The number of nitrogens with zero attached hydrogens (tertiary/aromatic N) is 4. The van der Waals surface area contributed by atoms with Crippen molar-refractivity contribution in [3.63, 3.8) is 0 Å². The van der Waals surface area contributed by atoms with Gasteiger partial charge in [-0.2, -0.15) is 0 Å². The second-order valence-corrected chi connectivity index (χ2v) is 7.44. The maximum Gasteiger partial charge on any atom is 0.260 e. The molecule has 0 N–H and O–H groups in total. The molecular weight excluding hydrogens is 368 g/mol. The normalized spacial score (nSPS) is 14.2. The first-order valence-corrected chi connectivity index (χ1v) is 10.2. The summed E-state index contributed by atoms with van der Waals surface area (Å²) in [5, 5.41) is 0. The molecule has 0 aliphatic carbocycles. The van der Waals surface area contributed by atoms with Gasteiger partial charge >= 0.3 is 0 Å². The molecule has 1 saturated heterocycles. The summed E-state index contributed by atoms with van der Waals surface area (Å²) >= 11 is 0. The number of ether oxygens (including phenoxy) is 2. The number of aryl methyl sites for hydroxylation is 1. The zero-order valence-electron chi connectivity index (χ0n) is 17.7. The fraction of sp³-hybridized carbons (Fsp3) is 0.500. The van der Waals surface area contributed by atoms with Crippen LogP contribution in [0, 0.1) is 6.92 Å². The predicted octanol–water partition coefficient (Wildman–Crippen LogP) is 3.03. The molecule has 0 saturated carbocycles. The van der Waals surface area contributed by atoms with Gasteiger partial charge in [-0.1, -0.05) is 13.8 Å². The molecule has 1 aliphatic heterocycles. The average Bonchev–Trinajstić information content (AvgIpc) is 2.73. The molecule has 156 valence electrons. The molecule has 0 bridgehead atoms. The van der Waals surface area contributed by atoms with Crippen LogP contribution in [0.1, 0.15) is 38.2 Å². The minimum Gasteiger partial charge on any atom is -0.494 e. The number of hydrogen-bond acceptors (Lipinski definition) is 6. The van der Waals surface area contributed by atoms with E-state index in [2.05, 4.69) is 23.7 Å². The maximum atomic E-state index is 12.5. The molecule has 7 nitrogen and oxygen atoms in total. The van der Waals surface area contributed by atoms with E-state index in [4.69, 9.17) is 14.5 Å². The lowest BCUT2D eigenvalue weighted by atomic mass is 10.2. The van der Waals surface area contributed by atoms with Crippen molar-refractivity contribution in [2.45, 2.75) is 33.6 Å². The van der Waals surface area contributed by atoms with Gasteiger partial charge < -0.3 is 19.3 Å². The van der Waals surface area contributed by atoms with Crippen molar-refractivity contribution >= 4 is 11.7 Å². The van der Waals surface area contributed by atoms with E-state index in [1.807, 2.05) is 49.1 Å². The van der Waals surface area contributed by atoms with Crippen LogP contribution in [0.25, 0.3) is 0 Å². The Morgan fingerprint density at radius 1 is 1.03 bits per heavy atom. The van der Waals surface area contributed by atoms with Crippen molar-refractivity contribution in [3.05, 3.63) is 41.9 Å². The van der Waals surface area contributed by atoms with E-state index in [0.717, 1.165) is 36.2 Å². The van der Waals surface area contributed by atoms with Crippen LogP contribution in [-0.4, -0.2) is 60.2 Å². The van der Waals surface area contributed by atoms with Gasteiger partial charge in [0.25, 0.3) is 5.91 Å². The van der Waals surface area contributed by atoms with Gasteiger partial charge in [-0.15, -0.1) is 0 Å². The SMILES string of the molecule is CCOc1ccc(OCC(=O)N2CCN(c3cc(C)nc(C(C)C)n3)CC2)cc1. The first kappa shape index (κ1) is 20.9. The molecule has 7 heteroatoms. The molecule has 1 fully saturated rings. The van der Waals surface area contributed by atoms with Gasteiger partial charge in [0, 0.05) is 43.9 Å². The number of carbonyl (C=O) groups is 1. The van der Waals surface area contributed by atoms with Gasteiger partial charge in [-0.3, -0.25) is 4.79 Å². The second kappa shape index (κ2) is 9.58. The number of amides is 1. The predicted molar refractivity (Wildman–Crippen MR) is 113 cm³/mol. The number of hydrogen-bond donors (Lipinski definition) is 0. The minimum atomic E-state index is 0.000252. The van der Waals surface area contributed by atoms with Crippen molar-refractivity contribution in [2.75, 3.05) is 44.3 Å². The number of benzene rings is 1. The van der Waals surface area contributed by atoms with Crippen molar-refractivity contribution in [1.29, 1.82) is 0 Å². The van der Waals surface area contributed by atoms with Crippen LogP contribution in [0.2, 0.25) is 0 Å². The molecule has 2 aromatic rings. The van der Waals surface area contributed by atoms with Gasteiger partial charge in [0.15, 0.2) is 6.61 Å². The van der Waals surface area contributed by atoms with Gasteiger partial charge in [0.1, 0.15) is 23.1 Å². The van der Waals surface area contributed by atoms with E-state index in [9.17, 15) is 4.79 Å². The smallest absolute Gasteiger partial charge is 0.260 e. The van der Waals surface area contributed by atoms with E-state index in [1.54, 1.807) is 0 Å². The Morgan fingerprint density at radius 3 is 2.24 bits per heavy atom. The van der Waals surface area contributed by atoms with Gasteiger partial charge in [-0.25, -0.2) is 9.97 Å². The summed E-state index contributed by atoms with van der Waals surface area (Å²) in [7, 11) is 0. The molecule has 0 atom stereocenters. The van der Waals surface area contributed by atoms with Gasteiger partial charge in [0.05, 0.1) is 6.61 Å². The quantitative estimate of drug-likeness (QED) is 0.714. The first-order chi connectivity index (χ1) is 14.0. The lowest BCUT2D eigenvalue weighted by Gasteiger charge is -2.35.